The number of carbonyl (C=O) groups excluding carboxylic acids is 6. The van der Waals surface area contributed by atoms with Crippen LogP contribution in [0.4, 0.5) is 11.4 Å². The first-order valence-electron chi connectivity index (χ1n) is 20.0. The van der Waals surface area contributed by atoms with Gasteiger partial charge in [0.1, 0.15) is 0 Å². The molecule has 0 spiro atoms. The summed E-state index contributed by atoms with van der Waals surface area (Å²) in [6, 6.07) is -2.18. The number of hydrogen-bond acceptors (Lipinski definition) is 16. The number of carbonyl (C=O) groups is 6. The SMILES string of the molecule is Cc1c(C(=O)NCC(O)CO)c(C)c(N(C=O)CC(O)CC(O)CN(C=O)c2c(C)c(C(=O)NCC(O)CO)c(C)c(C(=O)NC(CO)CO)c2C)c(C)c1C(=O)NC(CO)CO. The van der Waals surface area contributed by atoms with E-state index in [4.69, 9.17) is 0 Å². The molecular weight excluding hydrogens is 832 g/mol. The average molecular weight is 895 g/mol. The molecule has 0 aliphatic heterocycles. The molecule has 6 amide bonds. The highest BCUT2D eigenvalue weighted by molar-refractivity contribution is 6.08. The van der Waals surface area contributed by atoms with Gasteiger partial charge in [0.05, 0.1) is 101 Å². The fraction of sp³-hybridized carbons (Fsp3) is 0.561. The van der Waals surface area contributed by atoms with Gasteiger partial charge >= 0.3 is 0 Å². The monoisotopic (exact) mass is 894 g/mol. The summed E-state index contributed by atoms with van der Waals surface area (Å²) in [6.45, 7) is 3.04. The molecule has 2 rings (SSSR count). The third kappa shape index (κ3) is 13.4. The van der Waals surface area contributed by atoms with Crippen LogP contribution in [0.15, 0.2) is 0 Å². The summed E-state index contributed by atoms with van der Waals surface area (Å²) < 4.78 is 0. The van der Waals surface area contributed by atoms with Crippen molar-refractivity contribution in [3.8, 4) is 0 Å². The van der Waals surface area contributed by atoms with E-state index in [1.807, 2.05) is 0 Å². The van der Waals surface area contributed by atoms with E-state index in [2.05, 4.69) is 21.3 Å². The van der Waals surface area contributed by atoms with E-state index in [0.717, 1.165) is 9.80 Å². The lowest BCUT2D eigenvalue weighted by atomic mass is 9.89. The summed E-state index contributed by atoms with van der Waals surface area (Å²) in [4.78, 5) is 81.7. The van der Waals surface area contributed by atoms with Gasteiger partial charge in [-0.2, -0.15) is 0 Å². The van der Waals surface area contributed by atoms with Crippen molar-refractivity contribution < 1.29 is 79.8 Å². The summed E-state index contributed by atoms with van der Waals surface area (Å²) in [6.07, 6.45) is -5.60. The molecule has 22 heteroatoms. The van der Waals surface area contributed by atoms with E-state index in [0.29, 0.717) is 12.8 Å². The first-order chi connectivity index (χ1) is 29.7. The Bertz CT molecular complexity index is 1800. The number of nitrogens with zero attached hydrogens (tertiary/aromatic N) is 2. The Hall–Kier alpha value is -5.14. The first-order valence-corrected chi connectivity index (χ1v) is 20.0. The maximum Gasteiger partial charge on any atom is 0.252 e. The average Bonchev–Trinajstić information content (AvgIpc) is 3.24. The number of amides is 6. The molecular formula is C41H62N6O16. The molecule has 14 N–H and O–H groups in total. The quantitative estimate of drug-likeness (QED) is 0.0397. The molecule has 2 aromatic carbocycles. The number of hydrogen-bond donors (Lipinski definition) is 14. The van der Waals surface area contributed by atoms with Crippen molar-refractivity contribution >= 4 is 47.8 Å². The van der Waals surface area contributed by atoms with Gasteiger partial charge < -0.3 is 82.1 Å². The van der Waals surface area contributed by atoms with Crippen LogP contribution in [0, 0.1) is 41.5 Å². The van der Waals surface area contributed by atoms with Crippen LogP contribution in [0.2, 0.25) is 0 Å². The minimum absolute atomic E-state index is 0.000119. The standard InChI is InChI=1S/C41H62N6O16/c1-20-32(38(60)42-8-30(58)16-52)22(3)36(24(5)34(20)40(62)44-26(12-48)13-49)46(18-54)10-28(56)7-29(57)11-47(19-55)37-23(4)33(39(61)43-9-31(59)17-53)21(2)35(25(37)6)41(63)45-27(14-50)15-51/h18-19,26-31,48-53,56-59H,7-17H2,1-6H3,(H,42,60)(H,43,61)(H,44,62)(H,45,63). The summed E-state index contributed by atoms with van der Waals surface area (Å²) in [5.41, 5.74) is 0.433. The summed E-state index contributed by atoms with van der Waals surface area (Å²) in [5, 5.41) is 109. The van der Waals surface area contributed by atoms with Crippen LogP contribution in [0.1, 0.15) is 81.2 Å². The molecule has 0 aliphatic rings. The maximum atomic E-state index is 13.6. The zero-order chi connectivity index (χ0) is 47.9. The van der Waals surface area contributed by atoms with Gasteiger partial charge in [0, 0.05) is 41.8 Å². The lowest BCUT2D eigenvalue weighted by Crippen LogP contribution is -2.42. The van der Waals surface area contributed by atoms with Crippen LogP contribution in [0.3, 0.4) is 0 Å². The van der Waals surface area contributed by atoms with Crippen LogP contribution < -0.4 is 31.1 Å². The minimum atomic E-state index is -1.55. The normalized spacial score (nSPS) is 13.2. The van der Waals surface area contributed by atoms with Crippen molar-refractivity contribution in [1.82, 2.24) is 21.3 Å². The second kappa shape index (κ2) is 25.2. The molecule has 63 heavy (non-hydrogen) atoms. The van der Waals surface area contributed by atoms with Crippen molar-refractivity contribution in [2.24, 2.45) is 0 Å². The Kier molecular flexibility index (Phi) is 21.6. The van der Waals surface area contributed by atoms with Crippen LogP contribution in [0.5, 0.6) is 0 Å². The highest BCUT2D eigenvalue weighted by Crippen LogP contribution is 2.36. The third-order valence-corrected chi connectivity index (χ3v) is 10.5. The number of aliphatic hydroxyl groups is 10. The molecule has 2 aromatic rings. The maximum absolute atomic E-state index is 13.6. The Morgan fingerprint density at radius 1 is 0.460 bits per heavy atom. The van der Waals surface area contributed by atoms with Crippen molar-refractivity contribution in [2.45, 2.75) is 84.5 Å². The van der Waals surface area contributed by atoms with Crippen molar-refractivity contribution in [3.63, 3.8) is 0 Å². The molecule has 4 unspecified atom stereocenters. The topological polar surface area (TPSA) is 359 Å². The number of anilines is 2. The Balaban J connectivity index is 2.62. The molecule has 0 saturated carbocycles. The zero-order valence-electron chi connectivity index (χ0n) is 36.2. The third-order valence-electron chi connectivity index (χ3n) is 10.5. The van der Waals surface area contributed by atoms with Crippen LogP contribution in [-0.4, -0.2) is 190 Å². The Labute approximate surface area is 364 Å². The van der Waals surface area contributed by atoms with Crippen LogP contribution in [0.25, 0.3) is 0 Å². The van der Waals surface area contributed by atoms with E-state index in [1.54, 1.807) is 0 Å². The van der Waals surface area contributed by atoms with Gasteiger partial charge in [-0.3, -0.25) is 28.8 Å². The van der Waals surface area contributed by atoms with E-state index in [-0.39, 0.29) is 80.1 Å². The summed E-state index contributed by atoms with van der Waals surface area (Å²) in [7, 11) is 0. The molecule has 0 radical (unpaired) electrons. The van der Waals surface area contributed by atoms with Gasteiger partial charge in [0.2, 0.25) is 12.8 Å². The zero-order valence-corrected chi connectivity index (χ0v) is 36.2. The fourth-order valence-electron chi connectivity index (χ4n) is 7.47. The van der Waals surface area contributed by atoms with Crippen LogP contribution in [-0.2, 0) is 9.59 Å². The predicted molar refractivity (Wildman–Crippen MR) is 226 cm³/mol. The van der Waals surface area contributed by atoms with Crippen molar-refractivity contribution in [2.75, 3.05) is 75.6 Å². The van der Waals surface area contributed by atoms with Gasteiger partial charge in [-0.25, -0.2) is 0 Å². The molecule has 4 atom stereocenters. The lowest BCUT2D eigenvalue weighted by molar-refractivity contribution is -0.108. The van der Waals surface area contributed by atoms with E-state index >= 15 is 0 Å². The molecule has 352 valence electrons. The highest BCUT2D eigenvalue weighted by Gasteiger charge is 2.32. The van der Waals surface area contributed by atoms with E-state index in [1.165, 1.54) is 41.5 Å². The largest absolute Gasteiger partial charge is 0.394 e. The Morgan fingerprint density at radius 3 is 1.00 bits per heavy atom. The Morgan fingerprint density at radius 2 is 0.746 bits per heavy atom. The molecule has 0 fully saturated rings. The van der Waals surface area contributed by atoms with Gasteiger partial charge in [0.25, 0.3) is 23.6 Å². The minimum Gasteiger partial charge on any atom is -0.394 e. The molecule has 0 aromatic heterocycles. The fourth-order valence-corrected chi connectivity index (χ4v) is 7.47. The second-order valence-electron chi connectivity index (χ2n) is 15.2. The van der Waals surface area contributed by atoms with Gasteiger partial charge in [0.15, 0.2) is 0 Å². The predicted octanol–water partition coefficient (Wildman–Crippen LogP) is -4.39. The molecule has 22 nitrogen and oxygen atoms in total. The van der Waals surface area contributed by atoms with Crippen molar-refractivity contribution in [1.29, 1.82) is 0 Å². The van der Waals surface area contributed by atoms with Gasteiger partial charge in [-0.15, -0.1) is 0 Å². The molecule has 0 saturated heterocycles. The summed E-state index contributed by atoms with van der Waals surface area (Å²) >= 11 is 0. The highest BCUT2D eigenvalue weighted by atomic mass is 16.3. The first kappa shape index (κ1) is 54.0. The smallest absolute Gasteiger partial charge is 0.252 e. The van der Waals surface area contributed by atoms with Crippen LogP contribution >= 0.6 is 0 Å². The molecule has 0 aliphatic carbocycles. The lowest BCUT2D eigenvalue weighted by Gasteiger charge is -2.31. The van der Waals surface area contributed by atoms with E-state index < -0.39 is 119 Å². The second-order valence-corrected chi connectivity index (χ2v) is 15.2. The number of nitrogens with one attached hydrogen (secondary N) is 4. The molecule has 0 bridgehead atoms. The number of benzene rings is 2. The molecule has 0 heterocycles. The van der Waals surface area contributed by atoms with Gasteiger partial charge in [-0.05, 0) is 74.9 Å². The van der Waals surface area contributed by atoms with Crippen molar-refractivity contribution in [3.05, 3.63) is 55.6 Å². The van der Waals surface area contributed by atoms with E-state index in [9.17, 15) is 79.8 Å². The number of rotatable bonds is 26. The summed E-state index contributed by atoms with van der Waals surface area (Å²) in [5.74, 6) is -3.24. The van der Waals surface area contributed by atoms with Gasteiger partial charge in [-0.1, -0.05) is 0 Å². The number of aliphatic hydroxyl groups excluding tert-OH is 10.